The van der Waals surface area contributed by atoms with Gasteiger partial charge in [-0.05, 0) is 12.5 Å². The molecule has 1 aromatic heterocycles. The number of aliphatic hydroxyl groups is 1. The average Bonchev–Trinajstić information content (AvgIpc) is 2.11. The van der Waals surface area contributed by atoms with Crippen LogP contribution in [0.15, 0.2) is 6.20 Å². The Balaban J connectivity index is 3.05. The van der Waals surface area contributed by atoms with Gasteiger partial charge >= 0.3 is 6.11 Å². The molecule has 0 aliphatic carbocycles. The maximum Gasteiger partial charge on any atom is 0.397 e. The third kappa shape index (κ3) is 1.13. The van der Waals surface area contributed by atoms with Crippen molar-refractivity contribution in [2.75, 3.05) is 0 Å². The SMILES string of the molecule is Cc1cn[nH]c1C(O)(F)F. The lowest BCUT2D eigenvalue weighted by molar-refractivity contribution is -0.212. The van der Waals surface area contributed by atoms with Gasteiger partial charge in [-0.1, -0.05) is 0 Å². The van der Waals surface area contributed by atoms with Crippen molar-refractivity contribution in [1.82, 2.24) is 10.2 Å². The summed E-state index contributed by atoms with van der Waals surface area (Å²) in [6.45, 7) is 1.43. The van der Waals surface area contributed by atoms with Crippen LogP contribution in [-0.4, -0.2) is 15.3 Å². The van der Waals surface area contributed by atoms with Crippen LogP contribution in [0.5, 0.6) is 0 Å². The summed E-state index contributed by atoms with van der Waals surface area (Å²) >= 11 is 0. The van der Waals surface area contributed by atoms with E-state index in [2.05, 4.69) is 5.10 Å². The van der Waals surface area contributed by atoms with E-state index in [0.29, 0.717) is 0 Å². The molecule has 0 atom stereocenters. The van der Waals surface area contributed by atoms with Crippen LogP contribution in [0.1, 0.15) is 11.3 Å². The Morgan fingerprint density at radius 2 is 2.30 bits per heavy atom. The van der Waals surface area contributed by atoms with E-state index in [1.165, 1.54) is 13.1 Å². The molecule has 0 fully saturated rings. The van der Waals surface area contributed by atoms with Crippen LogP contribution in [0.3, 0.4) is 0 Å². The largest absolute Gasteiger partial charge is 0.397 e. The molecular weight excluding hydrogens is 142 g/mol. The van der Waals surface area contributed by atoms with Crippen LogP contribution in [0.25, 0.3) is 0 Å². The Hall–Kier alpha value is -0.970. The van der Waals surface area contributed by atoms with E-state index in [-0.39, 0.29) is 5.56 Å². The monoisotopic (exact) mass is 148 g/mol. The average molecular weight is 148 g/mol. The van der Waals surface area contributed by atoms with Gasteiger partial charge in [0.1, 0.15) is 5.69 Å². The van der Waals surface area contributed by atoms with E-state index >= 15 is 0 Å². The number of hydrogen-bond acceptors (Lipinski definition) is 2. The number of aromatic nitrogens is 2. The van der Waals surface area contributed by atoms with E-state index in [9.17, 15) is 8.78 Å². The molecule has 1 heterocycles. The summed E-state index contributed by atoms with van der Waals surface area (Å²) in [5.74, 6) is 0. The van der Waals surface area contributed by atoms with Gasteiger partial charge in [0, 0.05) is 0 Å². The number of hydrogen-bond donors (Lipinski definition) is 2. The van der Waals surface area contributed by atoms with Gasteiger partial charge in [0.2, 0.25) is 0 Å². The predicted octanol–water partition coefficient (Wildman–Crippen LogP) is 0.760. The first kappa shape index (κ1) is 7.14. The number of alkyl halides is 2. The normalized spacial score (nSPS) is 12.0. The van der Waals surface area contributed by atoms with Crippen molar-refractivity contribution < 1.29 is 13.9 Å². The zero-order valence-electron chi connectivity index (χ0n) is 5.23. The number of H-pyrrole nitrogens is 1. The quantitative estimate of drug-likeness (QED) is 0.617. The molecule has 0 unspecified atom stereocenters. The first-order valence-electron chi connectivity index (χ1n) is 2.62. The molecule has 0 spiro atoms. The molecule has 0 aliphatic rings. The third-order valence-corrected chi connectivity index (χ3v) is 1.13. The molecule has 3 nitrogen and oxygen atoms in total. The lowest BCUT2D eigenvalue weighted by Crippen LogP contribution is -2.13. The molecule has 0 aliphatic heterocycles. The first-order chi connectivity index (χ1) is 4.52. The first-order valence-corrected chi connectivity index (χ1v) is 2.62. The van der Waals surface area contributed by atoms with Crippen molar-refractivity contribution in [1.29, 1.82) is 0 Å². The van der Waals surface area contributed by atoms with Crippen molar-refractivity contribution in [2.45, 2.75) is 13.0 Å². The highest BCUT2D eigenvalue weighted by atomic mass is 19.3. The second kappa shape index (κ2) is 2.02. The topological polar surface area (TPSA) is 48.9 Å². The number of nitrogens with one attached hydrogen (secondary N) is 1. The van der Waals surface area contributed by atoms with Crippen LogP contribution in [0, 0.1) is 6.92 Å². The van der Waals surface area contributed by atoms with Crippen molar-refractivity contribution in [3.63, 3.8) is 0 Å². The van der Waals surface area contributed by atoms with Gasteiger partial charge in [-0.3, -0.25) is 5.10 Å². The minimum atomic E-state index is -3.80. The highest BCUT2D eigenvalue weighted by Gasteiger charge is 2.31. The lowest BCUT2D eigenvalue weighted by Gasteiger charge is -2.05. The molecule has 2 N–H and O–H groups in total. The zero-order valence-corrected chi connectivity index (χ0v) is 5.23. The number of nitrogens with zero attached hydrogens (tertiary/aromatic N) is 1. The van der Waals surface area contributed by atoms with Crippen LogP contribution in [0.2, 0.25) is 0 Å². The van der Waals surface area contributed by atoms with Gasteiger partial charge < -0.3 is 5.11 Å². The fraction of sp³-hybridized carbons (Fsp3) is 0.400. The summed E-state index contributed by atoms with van der Waals surface area (Å²) in [6.07, 6.45) is -2.58. The third-order valence-electron chi connectivity index (χ3n) is 1.13. The number of halogens is 2. The molecule has 0 amide bonds. The number of rotatable bonds is 1. The molecule has 0 aromatic carbocycles. The molecule has 1 rings (SSSR count). The molecule has 1 aromatic rings. The summed E-state index contributed by atoms with van der Waals surface area (Å²) in [6, 6.07) is 0. The van der Waals surface area contributed by atoms with E-state index in [0.717, 1.165) is 0 Å². The second-order valence-corrected chi connectivity index (χ2v) is 1.97. The van der Waals surface area contributed by atoms with E-state index < -0.39 is 11.8 Å². The standard InChI is InChI=1S/C5H6F2N2O/c1-3-2-8-9-4(3)5(6,7)10/h2,10H,1H3,(H,8,9). The van der Waals surface area contributed by atoms with Crippen LogP contribution < -0.4 is 0 Å². The smallest absolute Gasteiger partial charge is 0.331 e. The van der Waals surface area contributed by atoms with Gasteiger partial charge in [-0.15, -0.1) is 0 Å². The summed E-state index contributed by atoms with van der Waals surface area (Å²) in [5.41, 5.74) is -0.306. The fourth-order valence-electron chi connectivity index (χ4n) is 0.651. The van der Waals surface area contributed by atoms with E-state index in [1.54, 1.807) is 0 Å². The van der Waals surface area contributed by atoms with Crippen molar-refractivity contribution in [3.05, 3.63) is 17.5 Å². The molecule has 0 saturated carbocycles. The van der Waals surface area contributed by atoms with Crippen LogP contribution >= 0.6 is 0 Å². The minimum Gasteiger partial charge on any atom is -0.331 e. The van der Waals surface area contributed by atoms with Gasteiger partial charge in [-0.2, -0.15) is 13.9 Å². The van der Waals surface area contributed by atoms with Crippen LogP contribution in [-0.2, 0) is 6.11 Å². The van der Waals surface area contributed by atoms with Gasteiger partial charge in [0.25, 0.3) is 0 Å². The Morgan fingerprint density at radius 1 is 1.70 bits per heavy atom. The summed E-state index contributed by atoms with van der Waals surface area (Å²) in [4.78, 5) is 0. The van der Waals surface area contributed by atoms with Crippen molar-refractivity contribution in [3.8, 4) is 0 Å². The van der Waals surface area contributed by atoms with Crippen molar-refractivity contribution in [2.24, 2.45) is 0 Å². The summed E-state index contributed by atoms with van der Waals surface area (Å²) in [7, 11) is 0. The number of aromatic amines is 1. The van der Waals surface area contributed by atoms with Crippen molar-refractivity contribution >= 4 is 0 Å². The molecule has 0 radical (unpaired) electrons. The Kier molecular flexibility index (Phi) is 1.44. The lowest BCUT2D eigenvalue weighted by atomic mass is 10.3. The van der Waals surface area contributed by atoms with E-state index in [4.69, 9.17) is 5.11 Å². The highest BCUT2D eigenvalue weighted by Crippen LogP contribution is 2.24. The molecule has 56 valence electrons. The van der Waals surface area contributed by atoms with Gasteiger partial charge in [0.15, 0.2) is 0 Å². The maximum absolute atomic E-state index is 12.0. The fourth-order valence-corrected chi connectivity index (χ4v) is 0.651. The maximum atomic E-state index is 12.0. The zero-order chi connectivity index (χ0) is 7.78. The minimum absolute atomic E-state index is 0.243. The Labute approximate surface area is 55.7 Å². The molecule has 0 saturated heterocycles. The molecular formula is C5H6F2N2O. The van der Waals surface area contributed by atoms with Crippen LogP contribution in [0.4, 0.5) is 8.78 Å². The summed E-state index contributed by atoms with van der Waals surface area (Å²) in [5, 5.41) is 13.5. The van der Waals surface area contributed by atoms with Gasteiger partial charge in [0.05, 0.1) is 6.20 Å². The molecule has 0 bridgehead atoms. The Morgan fingerprint density at radius 3 is 2.50 bits per heavy atom. The van der Waals surface area contributed by atoms with E-state index in [1.807, 2.05) is 5.10 Å². The predicted molar refractivity (Wildman–Crippen MR) is 29.4 cm³/mol. The summed E-state index contributed by atoms with van der Waals surface area (Å²) < 4.78 is 24.1. The molecule has 10 heavy (non-hydrogen) atoms. The Bertz CT molecular complexity index is 228. The van der Waals surface area contributed by atoms with Gasteiger partial charge in [-0.25, -0.2) is 0 Å². The second-order valence-electron chi connectivity index (χ2n) is 1.97. The number of aryl methyl sites for hydroxylation is 1. The highest BCUT2D eigenvalue weighted by molar-refractivity contribution is 5.16. The molecule has 5 heteroatoms.